The number of esters is 4. The summed E-state index contributed by atoms with van der Waals surface area (Å²) in [6.45, 7) is 22.3. The van der Waals surface area contributed by atoms with Crippen molar-refractivity contribution < 1.29 is 38.1 Å². The zero-order valence-electron chi connectivity index (χ0n) is 27.9. The van der Waals surface area contributed by atoms with Crippen LogP contribution in [0.1, 0.15) is 121 Å². The molecule has 0 fully saturated rings. The van der Waals surface area contributed by atoms with Crippen molar-refractivity contribution in [1.29, 1.82) is 0 Å². The number of thioether (sulfide) groups is 1. The Morgan fingerprint density at radius 1 is 0.683 bits per heavy atom. The van der Waals surface area contributed by atoms with Crippen molar-refractivity contribution in [3.8, 4) is 0 Å². The van der Waals surface area contributed by atoms with Crippen LogP contribution in [0.3, 0.4) is 0 Å². The zero-order valence-corrected chi connectivity index (χ0v) is 28.8. The molecule has 9 heteroatoms. The third-order valence-electron chi connectivity index (χ3n) is 7.19. The smallest absolute Gasteiger partial charge is 0.312 e. The van der Waals surface area contributed by atoms with Gasteiger partial charge >= 0.3 is 23.9 Å². The van der Waals surface area contributed by atoms with Crippen LogP contribution < -0.4 is 0 Å². The Labute approximate surface area is 254 Å². The summed E-state index contributed by atoms with van der Waals surface area (Å²) in [5.41, 5.74) is -1.44. The minimum Gasteiger partial charge on any atom is -0.466 e. The van der Waals surface area contributed by atoms with E-state index in [1.165, 1.54) is 11.8 Å². The highest BCUT2D eigenvalue weighted by molar-refractivity contribution is 7.99. The van der Waals surface area contributed by atoms with Crippen molar-refractivity contribution in [2.45, 2.75) is 121 Å². The second-order valence-electron chi connectivity index (χ2n) is 12.3. The van der Waals surface area contributed by atoms with Gasteiger partial charge in [0.2, 0.25) is 0 Å². The lowest BCUT2D eigenvalue weighted by molar-refractivity contribution is -0.159. The lowest BCUT2D eigenvalue weighted by Gasteiger charge is -2.24. The largest absolute Gasteiger partial charge is 0.466 e. The molecule has 0 aromatic carbocycles. The molecule has 242 valence electrons. The van der Waals surface area contributed by atoms with E-state index in [9.17, 15) is 19.2 Å². The molecule has 8 nitrogen and oxygen atoms in total. The Balaban J connectivity index is 0. The van der Waals surface area contributed by atoms with Crippen molar-refractivity contribution >= 4 is 35.6 Å². The van der Waals surface area contributed by atoms with E-state index in [1.54, 1.807) is 0 Å². The summed E-state index contributed by atoms with van der Waals surface area (Å²) in [7, 11) is 0. The first-order valence-electron chi connectivity index (χ1n) is 15.3. The van der Waals surface area contributed by atoms with Crippen molar-refractivity contribution in [2.75, 3.05) is 37.9 Å². The van der Waals surface area contributed by atoms with Crippen LogP contribution in [0.15, 0.2) is 0 Å². The topological polar surface area (TPSA) is 105 Å². The average molecular weight is 605 g/mol. The Hall–Kier alpha value is -1.77. The molecule has 0 N–H and O–H groups in total. The summed E-state index contributed by atoms with van der Waals surface area (Å²) in [6.07, 6.45) is 6.17. The Kier molecular flexibility index (Phi) is 22.1. The second-order valence-corrected chi connectivity index (χ2v) is 13.4. The van der Waals surface area contributed by atoms with Crippen LogP contribution >= 0.6 is 11.8 Å². The van der Waals surface area contributed by atoms with Crippen LogP contribution in [-0.2, 0) is 38.1 Å². The van der Waals surface area contributed by atoms with Gasteiger partial charge in [-0.25, -0.2) is 0 Å². The number of carbonyl (C=O) groups excluding carboxylic acids is 4. The van der Waals surface area contributed by atoms with E-state index in [0.29, 0.717) is 37.1 Å². The lowest BCUT2D eigenvalue weighted by atomic mass is 9.91. The summed E-state index contributed by atoms with van der Waals surface area (Å²) >= 11 is 1.53. The molecule has 0 rings (SSSR count). The predicted octanol–water partition coefficient (Wildman–Crippen LogP) is 7.40. The summed E-state index contributed by atoms with van der Waals surface area (Å²) in [4.78, 5) is 47.2. The van der Waals surface area contributed by atoms with E-state index < -0.39 is 10.8 Å². The molecule has 0 saturated carbocycles. The number of hydrogen-bond donors (Lipinski definition) is 0. The first kappa shape index (κ1) is 41.4. The Morgan fingerprint density at radius 3 is 1.68 bits per heavy atom. The van der Waals surface area contributed by atoms with Crippen LogP contribution in [0.25, 0.3) is 0 Å². The summed E-state index contributed by atoms with van der Waals surface area (Å²) in [5, 5.41) is 0. The van der Waals surface area contributed by atoms with Crippen LogP contribution in [0.4, 0.5) is 0 Å². The first-order valence-corrected chi connectivity index (χ1v) is 16.4. The molecule has 0 saturated heterocycles. The maximum Gasteiger partial charge on any atom is 0.312 e. The fourth-order valence-corrected chi connectivity index (χ4v) is 4.08. The second kappa shape index (κ2) is 21.9. The van der Waals surface area contributed by atoms with Crippen LogP contribution in [0, 0.1) is 22.2 Å². The van der Waals surface area contributed by atoms with E-state index in [1.807, 2.05) is 62.3 Å². The van der Waals surface area contributed by atoms with E-state index in [2.05, 4.69) is 13.8 Å². The summed E-state index contributed by atoms with van der Waals surface area (Å²) in [6, 6.07) is 0. The molecule has 0 aliphatic rings. The number of unbranched alkanes of at least 4 members (excludes halogenated alkanes) is 1. The highest BCUT2D eigenvalue weighted by atomic mass is 32.2. The van der Waals surface area contributed by atoms with Crippen molar-refractivity contribution in [1.82, 2.24) is 0 Å². The zero-order chi connectivity index (χ0) is 32.1. The van der Waals surface area contributed by atoms with E-state index in [4.69, 9.17) is 18.9 Å². The molecule has 0 aliphatic carbocycles. The minimum absolute atomic E-state index is 0.0590. The highest BCUT2D eigenvalue weighted by Crippen LogP contribution is 2.25. The normalized spacial score (nSPS) is 12.5. The van der Waals surface area contributed by atoms with Gasteiger partial charge in [-0.3, -0.25) is 19.2 Å². The van der Waals surface area contributed by atoms with Gasteiger partial charge in [0.1, 0.15) is 13.2 Å². The standard InChI is InChI=1S/C24H44O6S.C8H16O2/c1-8-11-12-19(9-2)17-30-22(27)24(6,7)18-31-16-13-20(25)28-14-15-29-21(26)23(4,5)10-3;1-5-8(3,4)7(9)10-6-2/h19H,8-18H2,1-7H3;5-6H2,1-4H3. The average Bonchev–Trinajstić information content (AvgIpc) is 2.93. The Morgan fingerprint density at radius 2 is 1.20 bits per heavy atom. The molecule has 0 spiro atoms. The van der Waals surface area contributed by atoms with Crippen LogP contribution in [0.2, 0.25) is 0 Å². The fourth-order valence-electron chi connectivity index (χ4n) is 3.00. The molecule has 0 radical (unpaired) electrons. The van der Waals surface area contributed by atoms with Gasteiger partial charge in [-0.1, -0.05) is 47.0 Å². The third kappa shape index (κ3) is 19.1. The molecule has 41 heavy (non-hydrogen) atoms. The van der Waals surface area contributed by atoms with Crippen molar-refractivity contribution in [2.24, 2.45) is 22.2 Å². The number of hydrogen-bond acceptors (Lipinski definition) is 9. The monoisotopic (exact) mass is 604 g/mol. The van der Waals surface area contributed by atoms with Gasteiger partial charge in [0.25, 0.3) is 0 Å². The Bertz CT molecular complexity index is 761. The molecule has 1 unspecified atom stereocenters. The molecular weight excluding hydrogens is 544 g/mol. The van der Waals surface area contributed by atoms with Gasteiger partial charge in [-0.2, -0.15) is 11.8 Å². The predicted molar refractivity (Wildman–Crippen MR) is 167 cm³/mol. The molecule has 1 atom stereocenters. The molecule has 0 heterocycles. The molecular formula is C32H60O8S. The fraction of sp³-hybridized carbons (Fsp3) is 0.875. The molecule has 0 aromatic rings. The van der Waals surface area contributed by atoms with E-state index >= 15 is 0 Å². The van der Waals surface area contributed by atoms with Gasteiger partial charge in [-0.05, 0) is 73.6 Å². The third-order valence-corrected chi connectivity index (χ3v) is 8.61. The SMILES string of the molecule is CCCCC(CC)COC(=O)C(C)(C)CSCCC(=O)OCCOC(=O)C(C)(C)CC.CCOC(=O)C(C)(C)CC. The quantitative estimate of drug-likeness (QED) is 0.0798. The van der Waals surface area contributed by atoms with Gasteiger partial charge in [0.15, 0.2) is 0 Å². The maximum atomic E-state index is 12.4. The highest BCUT2D eigenvalue weighted by Gasteiger charge is 2.30. The minimum atomic E-state index is -0.599. The number of carbonyl (C=O) groups is 4. The maximum absolute atomic E-state index is 12.4. The summed E-state index contributed by atoms with van der Waals surface area (Å²) in [5.74, 6) is 0.661. The van der Waals surface area contributed by atoms with Crippen molar-refractivity contribution in [3.63, 3.8) is 0 Å². The van der Waals surface area contributed by atoms with E-state index in [-0.39, 0.29) is 48.9 Å². The summed E-state index contributed by atoms with van der Waals surface area (Å²) < 4.78 is 20.7. The number of rotatable bonds is 20. The van der Waals surface area contributed by atoms with E-state index in [0.717, 1.165) is 32.1 Å². The van der Waals surface area contributed by atoms with Gasteiger partial charge in [0, 0.05) is 11.5 Å². The van der Waals surface area contributed by atoms with Crippen LogP contribution in [0.5, 0.6) is 0 Å². The molecule has 0 bridgehead atoms. The van der Waals surface area contributed by atoms with Crippen LogP contribution in [-0.4, -0.2) is 61.8 Å². The molecule has 0 aliphatic heterocycles. The van der Waals surface area contributed by atoms with Gasteiger partial charge < -0.3 is 18.9 Å². The number of ether oxygens (including phenoxy) is 4. The molecule has 0 amide bonds. The van der Waals surface area contributed by atoms with Gasteiger partial charge in [-0.15, -0.1) is 0 Å². The van der Waals surface area contributed by atoms with Crippen molar-refractivity contribution in [3.05, 3.63) is 0 Å². The molecule has 0 aromatic heterocycles. The first-order chi connectivity index (χ1) is 19.0. The lowest BCUT2D eigenvalue weighted by Crippen LogP contribution is -2.31. The van der Waals surface area contributed by atoms with Gasteiger partial charge in [0.05, 0.1) is 35.9 Å².